The first-order valence-corrected chi connectivity index (χ1v) is 7.74. The number of carbonyl (C=O) groups excluding carboxylic acids is 3. The first-order chi connectivity index (χ1) is 11.4. The van der Waals surface area contributed by atoms with Gasteiger partial charge in [-0.05, 0) is 30.9 Å². The number of carbonyl (C=O) groups is 3. The molecule has 0 heterocycles. The van der Waals surface area contributed by atoms with Crippen LogP contribution in [0, 0.1) is 17.6 Å². The van der Waals surface area contributed by atoms with Gasteiger partial charge in [-0.3, -0.25) is 9.59 Å². The van der Waals surface area contributed by atoms with Gasteiger partial charge in [0, 0.05) is 18.4 Å². The normalized spacial score (nSPS) is 18.8. The Morgan fingerprint density at radius 1 is 1.33 bits per heavy atom. The SMILES string of the molecule is COC(=O)[C@@H](NC(=O)Cc1c(F)cccc1F)[C@H]1CCCC(=O)C1. The van der Waals surface area contributed by atoms with Gasteiger partial charge in [0.15, 0.2) is 0 Å². The molecular formula is C17H19F2NO4. The lowest BCUT2D eigenvalue weighted by Gasteiger charge is -2.28. The van der Waals surface area contributed by atoms with Crippen molar-refractivity contribution in [3.63, 3.8) is 0 Å². The van der Waals surface area contributed by atoms with Crippen molar-refractivity contribution in [2.45, 2.75) is 38.1 Å². The summed E-state index contributed by atoms with van der Waals surface area (Å²) < 4.78 is 31.9. The molecule has 0 aromatic heterocycles. The van der Waals surface area contributed by atoms with Crippen molar-refractivity contribution in [2.75, 3.05) is 7.11 Å². The second-order valence-electron chi connectivity index (χ2n) is 5.84. The van der Waals surface area contributed by atoms with Crippen molar-refractivity contribution >= 4 is 17.7 Å². The van der Waals surface area contributed by atoms with Crippen molar-refractivity contribution < 1.29 is 27.9 Å². The maximum Gasteiger partial charge on any atom is 0.328 e. The van der Waals surface area contributed by atoms with Gasteiger partial charge in [-0.1, -0.05) is 6.07 Å². The number of hydrogen-bond donors (Lipinski definition) is 1. The third-order valence-corrected chi connectivity index (χ3v) is 4.16. The van der Waals surface area contributed by atoms with E-state index in [9.17, 15) is 23.2 Å². The molecule has 1 aliphatic carbocycles. The van der Waals surface area contributed by atoms with Gasteiger partial charge < -0.3 is 10.1 Å². The van der Waals surface area contributed by atoms with Crippen molar-refractivity contribution in [1.29, 1.82) is 0 Å². The summed E-state index contributed by atoms with van der Waals surface area (Å²) in [5.74, 6) is -3.37. The molecule has 1 N–H and O–H groups in total. The summed E-state index contributed by atoms with van der Waals surface area (Å²) in [5, 5.41) is 2.46. The molecule has 0 spiro atoms. The number of esters is 1. The van der Waals surface area contributed by atoms with Crippen LogP contribution in [-0.2, 0) is 25.5 Å². The monoisotopic (exact) mass is 339 g/mol. The van der Waals surface area contributed by atoms with E-state index in [0.717, 1.165) is 12.1 Å². The Balaban J connectivity index is 2.10. The fourth-order valence-electron chi connectivity index (χ4n) is 2.92. The van der Waals surface area contributed by atoms with Gasteiger partial charge in [0.25, 0.3) is 0 Å². The molecule has 0 bridgehead atoms. The minimum Gasteiger partial charge on any atom is -0.467 e. The number of Topliss-reactive ketones (excluding diaryl/α,β-unsaturated/α-hetero) is 1. The highest BCUT2D eigenvalue weighted by Crippen LogP contribution is 2.25. The third kappa shape index (κ3) is 4.37. The molecule has 1 fully saturated rings. The van der Waals surface area contributed by atoms with E-state index in [1.54, 1.807) is 0 Å². The highest BCUT2D eigenvalue weighted by Gasteiger charge is 2.34. The van der Waals surface area contributed by atoms with Gasteiger partial charge in [-0.25, -0.2) is 13.6 Å². The van der Waals surface area contributed by atoms with Crippen LogP contribution in [0.3, 0.4) is 0 Å². The highest BCUT2D eigenvalue weighted by molar-refractivity contribution is 5.87. The van der Waals surface area contributed by atoms with Crippen LogP contribution in [-0.4, -0.2) is 30.8 Å². The molecule has 1 aromatic carbocycles. The van der Waals surface area contributed by atoms with Crippen LogP contribution in [0.25, 0.3) is 0 Å². The van der Waals surface area contributed by atoms with E-state index in [-0.39, 0.29) is 23.7 Å². The molecule has 1 aromatic rings. The quantitative estimate of drug-likeness (QED) is 0.832. The van der Waals surface area contributed by atoms with Crippen LogP contribution in [0.4, 0.5) is 8.78 Å². The predicted molar refractivity (Wildman–Crippen MR) is 81.0 cm³/mol. The summed E-state index contributed by atoms with van der Waals surface area (Å²) in [4.78, 5) is 35.7. The number of rotatable bonds is 5. The molecule has 2 rings (SSSR count). The molecule has 0 unspecified atom stereocenters. The molecular weight excluding hydrogens is 320 g/mol. The smallest absolute Gasteiger partial charge is 0.328 e. The number of methoxy groups -OCH3 is 1. The van der Waals surface area contributed by atoms with Gasteiger partial charge in [0.05, 0.1) is 13.5 Å². The van der Waals surface area contributed by atoms with E-state index in [4.69, 9.17) is 0 Å². The van der Waals surface area contributed by atoms with E-state index in [2.05, 4.69) is 10.1 Å². The maximum absolute atomic E-state index is 13.6. The zero-order valence-corrected chi connectivity index (χ0v) is 13.3. The van der Waals surface area contributed by atoms with Crippen molar-refractivity contribution in [3.8, 4) is 0 Å². The molecule has 1 amide bonds. The lowest BCUT2D eigenvalue weighted by atomic mass is 9.83. The largest absolute Gasteiger partial charge is 0.467 e. The molecule has 0 aliphatic heterocycles. The van der Waals surface area contributed by atoms with Gasteiger partial charge >= 0.3 is 5.97 Å². The number of amides is 1. The average Bonchev–Trinajstić information content (AvgIpc) is 2.55. The summed E-state index contributed by atoms with van der Waals surface area (Å²) in [6.45, 7) is 0. The first-order valence-electron chi connectivity index (χ1n) is 7.74. The van der Waals surface area contributed by atoms with E-state index < -0.39 is 36.0 Å². The standard InChI is InChI=1S/C17H19F2NO4/c1-24-17(23)16(10-4-2-5-11(21)8-10)20-15(22)9-12-13(18)6-3-7-14(12)19/h3,6-7,10,16H,2,4-5,8-9H2,1H3,(H,20,22)/t10-,16-/m0/s1. The summed E-state index contributed by atoms with van der Waals surface area (Å²) in [6, 6.07) is 2.32. The molecule has 1 aliphatic rings. The van der Waals surface area contributed by atoms with E-state index in [1.165, 1.54) is 13.2 Å². The summed E-state index contributed by atoms with van der Waals surface area (Å²) in [7, 11) is 1.18. The van der Waals surface area contributed by atoms with Gasteiger partial charge in [-0.15, -0.1) is 0 Å². The number of halogens is 2. The van der Waals surface area contributed by atoms with E-state index in [0.29, 0.717) is 19.3 Å². The summed E-state index contributed by atoms with van der Waals surface area (Å²) >= 11 is 0. The first kappa shape index (κ1) is 18.0. The molecule has 0 saturated heterocycles. The second kappa shape index (κ2) is 7.99. The maximum atomic E-state index is 13.6. The Morgan fingerprint density at radius 3 is 2.58 bits per heavy atom. The Labute approximate surface area is 138 Å². The van der Waals surface area contributed by atoms with Crippen LogP contribution in [0.15, 0.2) is 18.2 Å². The molecule has 130 valence electrons. The Morgan fingerprint density at radius 2 is 2.00 bits per heavy atom. The lowest BCUT2D eigenvalue weighted by Crippen LogP contribution is -2.48. The molecule has 0 radical (unpaired) electrons. The van der Waals surface area contributed by atoms with Crippen molar-refractivity contribution in [3.05, 3.63) is 35.4 Å². The Bertz CT molecular complexity index is 627. The van der Waals surface area contributed by atoms with Gasteiger partial charge in [0.1, 0.15) is 23.5 Å². The number of hydrogen-bond acceptors (Lipinski definition) is 4. The molecule has 2 atom stereocenters. The number of ketones is 1. The zero-order valence-electron chi connectivity index (χ0n) is 13.3. The van der Waals surface area contributed by atoms with E-state index in [1.807, 2.05) is 0 Å². The Hall–Kier alpha value is -2.31. The van der Waals surface area contributed by atoms with Crippen LogP contribution in [0.2, 0.25) is 0 Å². The topological polar surface area (TPSA) is 72.5 Å². The molecule has 24 heavy (non-hydrogen) atoms. The van der Waals surface area contributed by atoms with E-state index >= 15 is 0 Å². The minimum atomic E-state index is -0.999. The average molecular weight is 339 g/mol. The summed E-state index contributed by atoms with van der Waals surface area (Å²) in [5.41, 5.74) is -0.363. The molecule has 5 nitrogen and oxygen atoms in total. The number of benzene rings is 1. The highest BCUT2D eigenvalue weighted by atomic mass is 19.1. The van der Waals surface area contributed by atoms with Gasteiger partial charge in [-0.2, -0.15) is 0 Å². The predicted octanol–water partition coefficient (Wildman–Crippen LogP) is 1.92. The van der Waals surface area contributed by atoms with Crippen LogP contribution < -0.4 is 5.32 Å². The molecule has 1 saturated carbocycles. The second-order valence-corrected chi connectivity index (χ2v) is 5.84. The van der Waals surface area contributed by atoms with Crippen molar-refractivity contribution in [1.82, 2.24) is 5.32 Å². The van der Waals surface area contributed by atoms with Crippen molar-refractivity contribution in [2.24, 2.45) is 5.92 Å². The molecule has 7 heteroatoms. The minimum absolute atomic E-state index is 0.0227. The fraction of sp³-hybridized carbons (Fsp3) is 0.471. The van der Waals surface area contributed by atoms with Crippen LogP contribution in [0.5, 0.6) is 0 Å². The lowest BCUT2D eigenvalue weighted by molar-refractivity contribution is -0.147. The van der Waals surface area contributed by atoms with Crippen LogP contribution >= 0.6 is 0 Å². The van der Waals surface area contributed by atoms with Gasteiger partial charge in [0.2, 0.25) is 5.91 Å². The summed E-state index contributed by atoms with van der Waals surface area (Å²) in [6.07, 6.45) is 1.33. The fourth-order valence-corrected chi connectivity index (χ4v) is 2.92. The number of nitrogens with one attached hydrogen (secondary N) is 1. The zero-order chi connectivity index (χ0) is 17.7. The third-order valence-electron chi connectivity index (χ3n) is 4.16. The van der Waals surface area contributed by atoms with Crippen LogP contribution in [0.1, 0.15) is 31.2 Å². The number of ether oxygens (including phenoxy) is 1. The Kier molecular flexibility index (Phi) is 6.00.